The Hall–Kier alpha value is -2.73. The molecule has 0 bridgehead atoms. The summed E-state index contributed by atoms with van der Waals surface area (Å²) in [6.07, 6.45) is 4.14. The van der Waals surface area contributed by atoms with E-state index in [0.29, 0.717) is 18.7 Å². The Morgan fingerprint density at radius 3 is 2.68 bits per heavy atom. The quantitative estimate of drug-likeness (QED) is 0.801. The van der Waals surface area contributed by atoms with Gasteiger partial charge >= 0.3 is 0 Å². The molecule has 146 valence electrons. The van der Waals surface area contributed by atoms with Crippen LogP contribution in [0.2, 0.25) is 0 Å². The highest BCUT2D eigenvalue weighted by Gasteiger charge is 2.46. The lowest BCUT2D eigenvalue weighted by molar-refractivity contribution is 0.0785. The smallest absolute Gasteiger partial charge is 0.254 e. The first-order chi connectivity index (χ1) is 13.4. The zero-order valence-electron chi connectivity index (χ0n) is 16.7. The van der Waals surface area contributed by atoms with Crippen molar-refractivity contribution >= 4 is 17.4 Å². The molecule has 1 fully saturated rings. The van der Waals surface area contributed by atoms with Gasteiger partial charge in [-0.3, -0.25) is 20.1 Å². The van der Waals surface area contributed by atoms with Gasteiger partial charge in [0, 0.05) is 43.3 Å². The molecule has 1 amide bonds. The second-order valence-corrected chi connectivity index (χ2v) is 8.56. The molecule has 1 saturated heterocycles. The molecule has 28 heavy (non-hydrogen) atoms. The molecule has 4 rings (SSSR count). The van der Waals surface area contributed by atoms with Crippen LogP contribution >= 0.6 is 0 Å². The van der Waals surface area contributed by atoms with Gasteiger partial charge in [-0.05, 0) is 51.0 Å². The molecular formula is C22H27N5O. The minimum atomic E-state index is -0.380. The molecule has 1 aromatic heterocycles. The topological polar surface area (TPSA) is 69.6 Å². The Bertz CT molecular complexity index is 903. The van der Waals surface area contributed by atoms with Crippen molar-refractivity contribution in [1.82, 2.24) is 15.2 Å². The highest BCUT2D eigenvalue weighted by molar-refractivity contribution is 6.05. The van der Waals surface area contributed by atoms with Gasteiger partial charge in [-0.1, -0.05) is 18.2 Å². The number of carbonyl (C=O) groups is 1. The molecular weight excluding hydrogens is 350 g/mol. The third kappa shape index (κ3) is 3.64. The predicted molar refractivity (Wildman–Crippen MR) is 112 cm³/mol. The van der Waals surface area contributed by atoms with Gasteiger partial charge in [0.2, 0.25) is 0 Å². The SMILES string of the molecule is CC(C)(C)N=C1Nc2ccccc2CN[C@]12CCN(C(=O)c1ccncc1)C2. The summed E-state index contributed by atoms with van der Waals surface area (Å²) < 4.78 is 0. The van der Waals surface area contributed by atoms with Gasteiger partial charge in [-0.2, -0.15) is 0 Å². The van der Waals surface area contributed by atoms with Crippen molar-refractivity contribution in [1.29, 1.82) is 0 Å². The van der Waals surface area contributed by atoms with Crippen molar-refractivity contribution < 1.29 is 4.79 Å². The lowest BCUT2D eigenvalue weighted by Gasteiger charge is -2.32. The number of para-hydroxylation sites is 1. The average molecular weight is 377 g/mol. The number of hydrogen-bond donors (Lipinski definition) is 2. The van der Waals surface area contributed by atoms with E-state index in [4.69, 9.17) is 4.99 Å². The van der Waals surface area contributed by atoms with Gasteiger partial charge in [0.05, 0.1) is 11.1 Å². The first-order valence-corrected chi connectivity index (χ1v) is 9.76. The number of fused-ring (bicyclic) bond motifs is 1. The summed E-state index contributed by atoms with van der Waals surface area (Å²) in [5.74, 6) is 0.952. The second kappa shape index (κ2) is 7.02. The fraction of sp³-hybridized carbons (Fsp3) is 0.409. The van der Waals surface area contributed by atoms with Gasteiger partial charge in [0.15, 0.2) is 0 Å². The van der Waals surface area contributed by atoms with Gasteiger partial charge in [-0.25, -0.2) is 0 Å². The van der Waals surface area contributed by atoms with E-state index in [2.05, 4.69) is 54.6 Å². The first kappa shape index (κ1) is 18.6. The van der Waals surface area contributed by atoms with Gasteiger partial charge in [-0.15, -0.1) is 0 Å². The number of amides is 1. The highest BCUT2D eigenvalue weighted by Crippen LogP contribution is 2.31. The normalized spacial score (nSPS) is 23.4. The van der Waals surface area contributed by atoms with E-state index in [1.54, 1.807) is 24.5 Å². The van der Waals surface area contributed by atoms with Crippen LogP contribution in [0.4, 0.5) is 5.69 Å². The average Bonchev–Trinajstić information content (AvgIpc) is 3.05. The lowest BCUT2D eigenvalue weighted by atomic mass is 9.95. The molecule has 2 aromatic rings. The lowest BCUT2D eigenvalue weighted by Crippen LogP contribution is -2.56. The number of anilines is 1. The highest BCUT2D eigenvalue weighted by atomic mass is 16.2. The molecule has 6 heteroatoms. The maximum atomic E-state index is 13.0. The Labute approximate surface area is 166 Å². The number of likely N-dealkylation sites (tertiary alicyclic amines) is 1. The number of aromatic nitrogens is 1. The van der Waals surface area contributed by atoms with Crippen molar-refractivity contribution in [2.75, 3.05) is 18.4 Å². The van der Waals surface area contributed by atoms with Gasteiger partial charge in [0.25, 0.3) is 5.91 Å². The van der Waals surface area contributed by atoms with E-state index in [-0.39, 0.29) is 17.0 Å². The summed E-state index contributed by atoms with van der Waals surface area (Å²) in [5.41, 5.74) is 2.35. The first-order valence-electron chi connectivity index (χ1n) is 9.76. The standard InChI is InChI=1S/C22H27N5O/c1-21(2,3)26-20-22(24-14-17-6-4-5-7-18(17)25-20)10-13-27(15-22)19(28)16-8-11-23-12-9-16/h4-9,11-12,24H,10,13-15H2,1-3H3,(H,25,26)/t22-/m0/s1. The Morgan fingerprint density at radius 2 is 1.93 bits per heavy atom. The van der Waals surface area contributed by atoms with E-state index < -0.39 is 0 Å². The molecule has 0 radical (unpaired) electrons. The number of aliphatic imine (C=N–C) groups is 1. The van der Waals surface area contributed by atoms with E-state index >= 15 is 0 Å². The largest absolute Gasteiger partial charge is 0.342 e. The van der Waals surface area contributed by atoms with Crippen molar-refractivity contribution in [2.45, 2.75) is 44.8 Å². The fourth-order valence-corrected chi connectivity index (χ4v) is 3.86. The van der Waals surface area contributed by atoms with Crippen LogP contribution in [-0.2, 0) is 6.54 Å². The summed E-state index contributed by atoms with van der Waals surface area (Å²) in [6, 6.07) is 11.8. The molecule has 2 aliphatic rings. The number of hydrogen-bond acceptors (Lipinski definition) is 4. The summed E-state index contributed by atoms with van der Waals surface area (Å²) in [7, 11) is 0. The Morgan fingerprint density at radius 1 is 1.18 bits per heavy atom. The molecule has 0 unspecified atom stereocenters. The maximum Gasteiger partial charge on any atom is 0.254 e. The number of amidine groups is 1. The summed E-state index contributed by atoms with van der Waals surface area (Å²) in [5, 5.41) is 7.31. The molecule has 6 nitrogen and oxygen atoms in total. The maximum absolute atomic E-state index is 13.0. The number of nitrogens with zero attached hydrogens (tertiary/aromatic N) is 3. The summed E-state index contributed by atoms with van der Waals surface area (Å²) in [4.78, 5) is 23.9. The molecule has 2 aliphatic heterocycles. The van der Waals surface area contributed by atoms with Crippen LogP contribution in [0.1, 0.15) is 43.1 Å². The molecule has 1 spiro atoms. The van der Waals surface area contributed by atoms with Crippen molar-refractivity contribution in [2.24, 2.45) is 4.99 Å². The Balaban J connectivity index is 1.67. The zero-order chi connectivity index (χ0) is 19.8. The molecule has 3 heterocycles. The molecule has 0 saturated carbocycles. The number of benzene rings is 1. The molecule has 0 aliphatic carbocycles. The second-order valence-electron chi connectivity index (χ2n) is 8.56. The van der Waals surface area contributed by atoms with Crippen LogP contribution in [0.15, 0.2) is 53.8 Å². The minimum Gasteiger partial charge on any atom is -0.342 e. The summed E-state index contributed by atoms with van der Waals surface area (Å²) in [6.45, 7) is 8.31. The molecule has 2 N–H and O–H groups in total. The fourth-order valence-electron chi connectivity index (χ4n) is 3.86. The number of nitrogens with one attached hydrogen (secondary N) is 2. The van der Waals surface area contributed by atoms with Crippen LogP contribution in [0, 0.1) is 0 Å². The van der Waals surface area contributed by atoms with E-state index in [1.165, 1.54) is 5.56 Å². The number of rotatable bonds is 1. The van der Waals surface area contributed by atoms with Crippen LogP contribution < -0.4 is 10.6 Å². The molecule has 1 aromatic carbocycles. The van der Waals surface area contributed by atoms with Crippen molar-refractivity contribution in [3.8, 4) is 0 Å². The predicted octanol–water partition coefficient (Wildman–Crippen LogP) is 3.08. The third-order valence-corrected chi connectivity index (χ3v) is 5.27. The van der Waals surface area contributed by atoms with E-state index in [9.17, 15) is 4.79 Å². The van der Waals surface area contributed by atoms with E-state index in [0.717, 1.165) is 24.5 Å². The minimum absolute atomic E-state index is 0.0398. The zero-order valence-corrected chi connectivity index (χ0v) is 16.7. The van der Waals surface area contributed by atoms with Crippen LogP contribution in [-0.4, -0.2) is 45.8 Å². The number of carbonyl (C=O) groups excluding carboxylic acids is 1. The van der Waals surface area contributed by atoms with Crippen LogP contribution in [0.25, 0.3) is 0 Å². The molecule has 1 atom stereocenters. The van der Waals surface area contributed by atoms with Crippen LogP contribution in [0.3, 0.4) is 0 Å². The van der Waals surface area contributed by atoms with Crippen molar-refractivity contribution in [3.63, 3.8) is 0 Å². The monoisotopic (exact) mass is 377 g/mol. The van der Waals surface area contributed by atoms with Gasteiger partial charge in [0.1, 0.15) is 5.84 Å². The van der Waals surface area contributed by atoms with E-state index in [1.807, 2.05) is 11.0 Å². The van der Waals surface area contributed by atoms with Crippen LogP contribution in [0.5, 0.6) is 0 Å². The van der Waals surface area contributed by atoms with Crippen molar-refractivity contribution in [3.05, 3.63) is 59.9 Å². The third-order valence-electron chi connectivity index (χ3n) is 5.27. The number of pyridine rings is 1. The van der Waals surface area contributed by atoms with Gasteiger partial charge < -0.3 is 10.2 Å². The summed E-state index contributed by atoms with van der Waals surface area (Å²) >= 11 is 0. The Kier molecular flexibility index (Phi) is 4.67.